The Morgan fingerprint density at radius 1 is 1.05 bits per heavy atom. The van der Waals surface area contributed by atoms with Gasteiger partial charge in [-0.05, 0) is 30.7 Å². The van der Waals surface area contributed by atoms with Gasteiger partial charge in [0.2, 0.25) is 0 Å². The first kappa shape index (κ1) is 16.7. The minimum Gasteiger partial charge on any atom is -0.506 e. The highest BCUT2D eigenvalue weighted by atomic mass is 32.2. The average Bonchev–Trinajstić information content (AvgIpc) is 2.51. The first-order valence-electron chi connectivity index (χ1n) is 7.85. The monoisotopic (exact) mass is 321 g/mol. The number of fused-ring (bicyclic) bond motifs is 1. The largest absolute Gasteiger partial charge is 0.506 e. The van der Waals surface area contributed by atoms with E-state index in [0.717, 1.165) is 12.8 Å². The highest BCUT2D eigenvalue weighted by Gasteiger charge is 2.18. The highest BCUT2D eigenvalue weighted by Crippen LogP contribution is 2.29. The van der Waals surface area contributed by atoms with Crippen LogP contribution in [0.1, 0.15) is 45.4 Å². The van der Waals surface area contributed by atoms with Gasteiger partial charge < -0.3 is 5.11 Å². The van der Waals surface area contributed by atoms with Crippen LogP contribution < -0.4 is 0 Å². The maximum Gasteiger partial charge on any atom is 0.179 e. The number of unbranched alkanes of at least 4 members (excludes halogenated alkanes) is 5. The third-order valence-corrected chi connectivity index (χ3v) is 5.66. The van der Waals surface area contributed by atoms with Crippen LogP contribution in [0.4, 0.5) is 0 Å². The maximum atomic E-state index is 12.5. The number of aromatic nitrogens is 1. The molecule has 0 amide bonds. The zero-order chi connectivity index (χ0) is 16.0. The molecule has 0 aliphatic rings. The number of benzene rings is 1. The average molecular weight is 321 g/mol. The van der Waals surface area contributed by atoms with E-state index in [1.807, 2.05) is 0 Å². The molecule has 1 aromatic heterocycles. The number of hydrogen-bond acceptors (Lipinski definition) is 4. The SMILES string of the molecule is CCCCCCCCS(=O)(=O)c1ccc(O)c2ncccc12. The molecule has 0 radical (unpaired) electrons. The number of hydrogen-bond donors (Lipinski definition) is 1. The molecular formula is C17H23NO3S. The highest BCUT2D eigenvalue weighted by molar-refractivity contribution is 7.91. The quantitative estimate of drug-likeness (QED) is 0.744. The normalized spacial score (nSPS) is 11.9. The summed E-state index contributed by atoms with van der Waals surface area (Å²) in [7, 11) is -3.35. The standard InChI is InChI=1S/C17H23NO3S/c1-2-3-4-5-6-7-13-22(20,21)16-11-10-15(19)17-14(16)9-8-12-18-17/h8-12,19H,2-7,13H2,1H3. The first-order valence-corrected chi connectivity index (χ1v) is 9.51. The summed E-state index contributed by atoms with van der Waals surface area (Å²) < 4.78 is 25.1. The molecule has 5 heteroatoms. The van der Waals surface area contributed by atoms with Gasteiger partial charge >= 0.3 is 0 Å². The van der Waals surface area contributed by atoms with E-state index in [1.165, 1.54) is 31.4 Å². The smallest absolute Gasteiger partial charge is 0.179 e. The van der Waals surface area contributed by atoms with E-state index >= 15 is 0 Å². The fourth-order valence-electron chi connectivity index (χ4n) is 2.59. The first-order chi connectivity index (χ1) is 10.6. The molecule has 1 N–H and O–H groups in total. The number of sulfone groups is 1. The van der Waals surface area contributed by atoms with Crippen LogP contribution >= 0.6 is 0 Å². The Morgan fingerprint density at radius 3 is 2.55 bits per heavy atom. The van der Waals surface area contributed by atoms with Crippen molar-refractivity contribution in [1.29, 1.82) is 0 Å². The molecule has 0 saturated carbocycles. The molecule has 2 aromatic rings. The Hall–Kier alpha value is -1.62. The van der Waals surface area contributed by atoms with E-state index in [9.17, 15) is 13.5 Å². The summed E-state index contributed by atoms with van der Waals surface area (Å²) in [6.07, 6.45) is 7.81. The molecule has 1 heterocycles. The Kier molecular flexibility index (Phi) is 5.77. The predicted octanol–water partition coefficient (Wildman–Crippen LogP) is 4.07. The molecule has 0 aliphatic carbocycles. The summed E-state index contributed by atoms with van der Waals surface area (Å²) in [5, 5.41) is 10.3. The summed E-state index contributed by atoms with van der Waals surface area (Å²) in [4.78, 5) is 4.34. The molecule has 1 aromatic carbocycles. The molecule has 0 aliphatic heterocycles. The van der Waals surface area contributed by atoms with E-state index < -0.39 is 9.84 Å². The zero-order valence-electron chi connectivity index (χ0n) is 13.0. The van der Waals surface area contributed by atoms with Gasteiger partial charge in [0.1, 0.15) is 11.3 Å². The number of phenols is 1. The lowest BCUT2D eigenvalue weighted by molar-refractivity contribution is 0.480. The van der Waals surface area contributed by atoms with E-state index in [0.29, 0.717) is 17.3 Å². The maximum absolute atomic E-state index is 12.5. The van der Waals surface area contributed by atoms with Gasteiger partial charge in [-0.2, -0.15) is 0 Å². The van der Waals surface area contributed by atoms with Crippen molar-refractivity contribution >= 4 is 20.7 Å². The van der Waals surface area contributed by atoms with Gasteiger partial charge in [0.15, 0.2) is 9.84 Å². The zero-order valence-corrected chi connectivity index (χ0v) is 13.8. The topological polar surface area (TPSA) is 67.3 Å². The van der Waals surface area contributed by atoms with Gasteiger partial charge in [0.25, 0.3) is 0 Å². The van der Waals surface area contributed by atoms with Crippen molar-refractivity contribution in [3.05, 3.63) is 30.5 Å². The predicted molar refractivity (Wildman–Crippen MR) is 88.8 cm³/mol. The van der Waals surface area contributed by atoms with Gasteiger partial charge in [0, 0.05) is 11.6 Å². The van der Waals surface area contributed by atoms with Crippen LogP contribution in [0.15, 0.2) is 35.4 Å². The molecule has 0 atom stereocenters. The fraction of sp³-hybridized carbons (Fsp3) is 0.471. The van der Waals surface area contributed by atoms with Crippen LogP contribution in [0.25, 0.3) is 10.9 Å². The summed E-state index contributed by atoms with van der Waals surface area (Å²) in [6, 6.07) is 6.26. The van der Waals surface area contributed by atoms with Crippen LogP contribution in [0.5, 0.6) is 5.75 Å². The molecule has 22 heavy (non-hydrogen) atoms. The molecule has 2 rings (SSSR count). The molecule has 0 spiro atoms. The lowest BCUT2D eigenvalue weighted by Crippen LogP contribution is -2.07. The summed E-state index contributed by atoms with van der Waals surface area (Å²) in [5.41, 5.74) is 0.339. The second-order valence-corrected chi connectivity index (χ2v) is 7.65. The Bertz CT molecular complexity index is 726. The number of rotatable bonds is 8. The van der Waals surface area contributed by atoms with Crippen LogP contribution in [0, 0.1) is 0 Å². The van der Waals surface area contributed by atoms with E-state index in [2.05, 4.69) is 11.9 Å². The Morgan fingerprint density at radius 2 is 1.77 bits per heavy atom. The molecule has 0 saturated heterocycles. The van der Waals surface area contributed by atoms with Gasteiger partial charge in [-0.1, -0.05) is 39.0 Å². The van der Waals surface area contributed by atoms with Gasteiger partial charge in [0.05, 0.1) is 10.6 Å². The minimum atomic E-state index is -3.35. The Labute approximate surface area is 132 Å². The third kappa shape index (κ3) is 3.97. The van der Waals surface area contributed by atoms with Crippen LogP contribution in [0.2, 0.25) is 0 Å². The molecule has 0 fully saturated rings. The molecule has 0 unspecified atom stereocenters. The van der Waals surface area contributed by atoms with Crippen molar-refractivity contribution in [3.8, 4) is 5.75 Å². The minimum absolute atomic E-state index is 0.00844. The van der Waals surface area contributed by atoms with Crippen molar-refractivity contribution in [2.24, 2.45) is 0 Å². The number of phenolic OH excluding ortho intramolecular Hbond substituents is 1. The van der Waals surface area contributed by atoms with Gasteiger partial charge in [-0.3, -0.25) is 4.98 Å². The Balaban J connectivity index is 2.12. The van der Waals surface area contributed by atoms with Crippen molar-refractivity contribution < 1.29 is 13.5 Å². The van der Waals surface area contributed by atoms with E-state index in [4.69, 9.17) is 0 Å². The van der Waals surface area contributed by atoms with Crippen LogP contribution in [0.3, 0.4) is 0 Å². The van der Waals surface area contributed by atoms with Gasteiger partial charge in [-0.25, -0.2) is 8.42 Å². The van der Waals surface area contributed by atoms with Crippen molar-refractivity contribution in [2.45, 2.75) is 50.3 Å². The lowest BCUT2D eigenvalue weighted by atomic mass is 10.1. The second-order valence-electron chi connectivity index (χ2n) is 5.57. The second kappa shape index (κ2) is 7.58. The van der Waals surface area contributed by atoms with E-state index in [-0.39, 0.29) is 16.4 Å². The van der Waals surface area contributed by atoms with Crippen molar-refractivity contribution in [2.75, 3.05) is 5.75 Å². The van der Waals surface area contributed by atoms with Crippen molar-refractivity contribution in [1.82, 2.24) is 4.98 Å². The molecule has 4 nitrogen and oxygen atoms in total. The third-order valence-electron chi connectivity index (χ3n) is 3.81. The summed E-state index contributed by atoms with van der Waals surface area (Å²) >= 11 is 0. The molecule has 120 valence electrons. The number of aromatic hydroxyl groups is 1. The van der Waals surface area contributed by atoms with Crippen LogP contribution in [-0.4, -0.2) is 24.3 Å². The summed E-state index contributed by atoms with van der Waals surface area (Å²) in [5.74, 6) is 0.155. The van der Waals surface area contributed by atoms with Gasteiger partial charge in [-0.15, -0.1) is 0 Å². The summed E-state index contributed by atoms with van der Waals surface area (Å²) in [6.45, 7) is 2.16. The number of pyridine rings is 1. The lowest BCUT2D eigenvalue weighted by Gasteiger charge is -2.09. The molecular weight excluding hydrogens is 298 g/mol. The number of nitrogens with zero attached hydrogens (tertiary/aromatic N) is 1. The van der Waals surface area contributed by atoms with Crippen molar-refractivity contribution in [3.63, 3.8) is 0 Å². The molecule has 0 bridgehead atoms. The van der Waals surface area contributed by atoms with Crippen LogP contribution in [-0.2, 0) is 9.84 Å². The van der Waals surface area contributed by atoms with E-state index in [1.54, 1.807) is 18.3 Å². The fourth-order valence-corrected chi connectivity index (χ4v) is 4.16.